The lowest BCUT2D eigenvalue weighted by atomic mass is 10.1. The molecule has 0 saturated heterocycles. The Morgan fingerprint density at radius 1 is 1.22 bits per heavy atom. The van der Waals surface area contributed by atoms with Gasteiger partial charge in [-0.1, -0.05) is 42.1 Å². The molecule has 0 saturated carbocycles. The molecule has 1 aromatic heterocycles. The molecule has 0 radical (unpaired) electrons. The molecule has 0 fully saturated rings. The van der Waals surface area contributed by atoms with Crippen molar-refractivity contribution in [3.63, 3.8) is 0 Å². The first-order valence-corrected chi connectivity index (χ1v) is 9.30. The van der Waals surface area contributed by atoms with E-state index in [-0.39, 0.29) is 11.2 Å². The van der Waals surface area contributed by atoms with Crippen molar-refractivity contribution >= 4 is 23.4 Å². The predicted octanol–water partition coefficient (Wildman–Crippen LogP) is 3.78. The van der Waals surface area contributed by atoms with Crippen molar-refractivity contribution in [3.8, 4) is 17.5 Å². The molecule has 27 heavy (non-hydrogen) atoms. The molecule has 3 rings (SSSR count). The summed E-state index contributed by atoms with van der Waals surface area (Å²) in [6, 6.07) is 16.9. The second-order valence-corrected chi connectivity index (χ2v) is 7.43. The predicted molar refractivity (Wildman–Crippen MR) is 106 cm³/mol. The lowest BCUT2D eigenvalue weighted by molar-refractivity contribution is -0.115. The summed E-state index contributed by atoms with van der Waals surface area (Å²) in [7, 11) is 1.89. The van der Waals surface area contributed by atoms with Crippen molar-refractivity contribution < 1.29 is 4.79 Å². The lowest BCUT2D eigenvalue weighted by Crippen LogP contribution is -2.22. The summed E-state index contributed by atoms with van der Waals surface area (Å²) >= 11 is 1.34. The van der Waals surface area contributed by atoms with Crippen LogP contribution in [0.2, 0.25) is 0 Å². The quantitative estimate of drug-likeness (QED) is 0.684. The number of hydrogen-bond acceptors (Lipinski definition) is 5. The van der Waals surface area contributed by atoms with Gasteiger partial charge in [-0.15, -0.1) is 10.2 Å². The third-order valence-corrected chi connectivity index (χ3v) is 5.27. The Morgan fingerprint density at radius 2 is 2.00 bits per heavy atom. The van der Waals surface area contributed by atoms with Crippen LogP contribution in [-0.4, -0.2) is 25.9 Å². The standard InChI is InChI=1S/C20H19N5OS/c1-13-7-4-5-10-17(13)18-23-24-20(25(18)3)27-14(2)19(26)22-16-9-6-8-15(11-16)12-21/h4-11,14H,1-3H3,(H,22,26)/t14-/m0/s1. The number of nitriles is 1. The van der Waals surface area contributed by atoms with Gasteiger partial charge in [-0.05, 0) is 37.6 Å². The second kappa shape index (κ2) is 8.06. The fraction of sp³-hybridized carbons (Fsp3) is 0.200. The van der Waals surface area contributed by atoms with Crippen LogP contribution in [0.15, 0.2) is 53.7 Å². The molecule has 0 unspecified atom stereocenters. The highest BCUT2D eigenvalue weighted by Gasteiger charge is 2.20. The van der Waals surface area contributed by atoms with E-state index < -0.39 is 0 Å². The van der Waals surface area contributed by atoms with Gasteiger partial charge in [0.15, 0.2) is 11.0 Å². The fourth-order valence-corrected chi connectivity index (χ4v) is 3.41. The number of aryl methyl sites for hydroxylation is 1. The molecule has 7 heteroatoms. The lowest BCUT2D eigenvalue weighted by Gasteiger charge is -2.12. The van der Waals surface area contributed by atoms with Crippen molar-refractivity contribution in [1.29, 1.82) is 5.26 Å². The smallest absolute Gasteiger partial charge is 0.237 e. The molecule has 0 spiro atoms. The van der Waals surface area contributed by atoms with Crippen LogP contribution in [0.4, 0.5) is 5.69 Å². The van der Waals surface area contributed by atoms with Gasteiger partial charge in [0.2, 0.25) is 5.91 Å². The van der Waals surface area contributed by atoms with Gasteiger partial charge < -0.3 is 9.88 Å². The number of rotatable bonds is 5. The third kappa shape index (κ3) is 4.18. The summed E-state index contributed by atoms with van der Waals surface area (Å²) in [5.41, 5.74) is 3.24. The number of aromatic nitrogens is 3. The highest BCUT2D eigenvalue weighted by Crippen LogP contribution is 2.27. The maximum atomic E-state index is 12.5. The number of nitrogens with one attached hydrogen (secondary N) is 1. The van der Waals surface area contributed by atoms with E-state index in [1.807, 2.05) is 49.7 Å². The van der Waals surface area contributed by atoms with E-state index in [0.717, 1.165) is 17.0 Å². The summed E-state index contributed by atoms with van der Waals surface area (Å²) in [6.07, 6.45) is 0. The maximum absolute atomic E-state index is 12.5. The molecule has 136 valence electrons. The van der Waals surface area contributed by atoms with E-state index in [1.165, 1.54) is 11.8 Å². The number of carbonyl (C=O) groups excluding carboxylic acids is 1. The van der Waals surface area contributed by atoms with Crippen LogP contribution in [0, 0.1) is 18.3 Å². The normalized spacial score (nSPS) is 11.6. The second-order valence-electron chi connectivity index (χ2n) is 6.12. The van der Waals surface area contributed by atoms with Crippen LogP contribution in [0.1, 0.15) is 18.1 Å². The molecule has 2 aromatic carbocycles. The molecule has 0 aliphatic heterocycles. The van der Waals surface area contributed by atoms with Gasteiger partial charge in [0.25, 0.3) is 0 Å². The van der Waals surface area contributed by atoms with Crippen molar-refractivity contribution in [2.24, 2.45) is 7.05 Å². The summed E-state index contributed by atoms with van der Waals surface area (Å²) < 4.78 is 1.90. The molecule has 0 aliphatic rings. The average Bonchev–Trinajstić information content (AvgIpc) is 3.02. The fourth-order valence-electron chi connectivity index (χ4n) is 2.60. The number of carbonyl (C=O) groups is 1. The number of thioether (sulfide) groups is 1. The highest BCUT2D eigenvalue weighted by atomic mass is 32.2. The molecule has 1 atom stereocenters. The van der Waals surface area contributed by atoms with Crippen LogP contribution >= 0.6 is 11.8 Å². The van der Waals surface area contributed by atoms with Crippen molar-refractivity contribution in [2.75, 3.05) is 5.32 Å². The van der Waals surface area contributed by atoms with E-state index in [0.29, 0.717) is 16.4 Å². The van der Waals surface area contributed by atoms with Crippen LogP contribution in [0.5, 0.6) is 0 Å². The topological polar surface area (TPSA) is 83.6 Å². The summed E-state index contributed by atoms with van der Waals surface area (Å²) in [5, 5.41) is 20.6. The Kier molecular flexibility index (Phi) is 5.57. The molecule has 0 bridgehead atoms. The highest BCUT2D eigenvalue weighted by molar-refractivity contribution is 8.00. The van der Waals surface area contributed by atoms with Gasteiger partial charge in [-0.2, -0.15) is 5.26 Å². The molecular weight excluding hydrogens is 358 g/mol. The first-order chi connectivity index (χ1) is 13.0. The minimum absolute atomic E-state index is 0.157. The summed E-state index contributed by atoms with van der Waals surface area (Å²) in [6.45, 7) is 3.85. The van der Waals surface area contributed by atoms with Crippen LogP contribution in [0.3, 0.4) is 0 Å². The molecule has 0 aliphatic carbocycles. The van der Waals surface area contributed by atoms with E-state index in [9.17, 15) is 4.79 Å². The number of nitrogens with zero attached hydrogens (tertiary/aromatic N) is 4. The number of amides is 1. The minimum Gasteiger partial charge on any atom is -0.325 e. The maximum Gasteiger partial charge on any atom is 0.237 e. The van der Waals surface area contributed by atoms with Gasteiger partial charge in [0.1, 0.15) is 0 Å². The van der Waals surface area contributed by atoms with Crippen molar-refractivity contribution in [3.05, 3.63) is 59.7 Å². The zero-order valence-corrected chi connectivity index (χ0v) is 16.1. The van der Waals surface area contributed by atoms with E-state index in [4.69, 9.17) is 5.26 Å². The summed E-state index contributed by atoms with van der Waals surface area (Å²) in [5.74, 6) is 0.612. The van der Waals surface area contributed by atoms with Crippen molar-refractivity contribution in [2.45, 2.75) is 24.3 Å². The average molecular weight is 377 g/mol. The zero-order valence-electron chi connectivity index (χ0n) is 15.3. The monoisotopic (exact) mass is 377 g/mol. The first-order valence-electron chi connectivity index (χ1n) is 8.42. The molecule has 1 amide bonds. The molecule has 1 N–H and O–H groups in total. The number of anilines is 1. The molecule has 6 nitrogen and oxygen atoms in total. The number of benzene rings is 2. The SMILES string of the molecule is Cc1ccccc1-c1nnc(S[C@@H](C)C(=O)Nc2cccc(C#N)c2)n1C. The van der Waals surface area contributed by atoms with E-state index >= 15 is 0 Å². The van der Waals surface area contributed by atoms with Crippen LogP contribution in [-0.2, 0) is 11.8 Å². The van der Waals surface area contributed by atoms with E-state index in [2.05, 4.69) is 21.6 Å². The van der Waals surface area contributed by atoms with Gasteiger partial charge in [-0.3, -0.25) is 4.79 Å². The van der Waals surface area contributed by atoms with Crippen molar-refractivity contribution in [1.82, 2.24) is 14.8 Å². The van der Waals surface area contributed by atoms with Gasteiger partial charge in [0, 0.05) is 18.3 Å². The zero-order chi connectivity index (χ0) is 19.4. The Balaban J connectivity index is 1.73. The minimum atomic E-state index is -0.372. The Hall–Kier alpha value is -3.11. The Bertz CT molecular complexity index is 1020. The van der Waals surface area contributed by atoms with Gasteiger partial charge in [0.05, 0.1) is 16.9 Å². The largest absolute Gasteiger partial charge is 0.325 e. The first kappa shape index (κ1) is 18.7. The summed E-state index contributed by atoms with van der Waals surface area (Å²) in [4.78, 5) is 12.5. The van der Waals surface area contributed by atoms with Crippen LogP contribution < -0.4 is 5.32 Å². The molecule has 3 aromatic rings. The van der Waals surface area contributed by atoms with Gasteiger partial charge >= 0.3 is 0 Å². The number of hydrogen-bond donors (Lipinski definition) is 1. The molecule has 1 heterocycles. The Morgan fingerprint density at radius 3 is 2.74 bits per heavy atom. The molecular formula is C20H19N5OS. The van der Waals surface area contributed by atoms with E-state index in [1.54, 1.807) is 24.3 Å². The van der Waals surface area contributed by atoms with Crippen LogP contribution in [0.25, 0.3) is 11.4 Å². The van der Waals surface area contributed by atoms with Gasteiger partial charge in [-0.25, -0.2) is 0 Å². The third-order valence-electron chi connectivity index (χ3n) is 4.13. The Labute approximate surface area is 162 Å².